The molecule has 0 saturated carbocycles. The van der Waals surface area contributed by atoms with Gasteiger partial charge in [-0.05, 0) is 56.7 Å². The van der Waals surface area contributed by atoms with Crippen molar-refractivity contribution in [1.29, 1.82) is 0 Å². The number of nitrogens with zero attached hydrogens (tertiary/aromatic N) is 3. The second-order valence-corrected chi connectivity index (χ2v) is 12.3. The molecule has 2 aliphatic heterocycles. The van der Waals surface area contributed by atoms with Gasteiger partial charge in [-0.25, -0.2) is 9.79 Å². The van der Waals surface area contributed by atoms with E-state index >= 15 is 0 Å². The number of thiazole rings is 1. The number of ether oxygens (including phenoxy) is 2. The molecule has 4 aromatic rings. The van der Waals surface area contributed by atoms with Crippen LogP contribution < -0.4 is 24.5 Å². The monoisotopic (exact) mass is 657 g/mol. The molecule has 0 unspecified atom stereocenters. The number of esters is 1. The largest absolute Gasteiger partial charge is 0.491 e. The van der Waals surface area contributed by atoms with Gasteiger partial charge in [0.25, 0.3) is 11.5 Å². The maximum Gasteiger partial charge on any atom is 0.338 e. The van der Waals surface area contributed by atoms with Gasteiger partial charge in [-0.2, -0.15) is 0 Å². The lowest BCUT2D eigenvalue weighted by atomic mass is 9.93. The minimum atomic E-state index is -0.857. The molecule has 0 spiro atoms. The van der Waals surface area contributed by atoms with Crippen molar-refractivity contribution < 1.29 is 19.1 Å². The Morgan fingerprint density at radius 1 is 1.05 bits per heavy atom. The smallest absolute Gasteiger partial charge is 0.338 e. The molecule has 1 amide bonds. The van der Waals surface area contributed by atoms with Gasteiger partial charge in [0.1, 0.15) is 10.3 Å². The molecule has 0 N–H and O–H groups in total. The summed E-state index contributed by atoms with van der Waals surface area (Å²) >= 11 is 4.65. The van der Waals surface area contributed by atoms with E-state index in [2.05, 4.69) is 15.9 Å². The molecule has 3 heterocycles. The Hall–Kier alpha value is -4.28. The summed E-state index contributed by atoms with van der Waals surface area (Å²) in [4.78, 5) is 48.5. The Morgan fingerprint density at radius 3 is 2.44 bits per heavy atom. The van der Waals surface area contributed by atoms with Crippen molar-refractivity contribution in [1.82, 2.24) is 4.57 Å². The number of carbonyl (C=O) groups excluding carboxylic acids is 2. The summed E-state index contributed by atoms with van der Waals surface area (Å²) in [6.45, 7) is 5.78. The molecule has 3 aromatic carbocycles. The number of halogens is 1. The summed E-state index contributed by atoms with van der Waals surface area (Å²) in [5, 5.41) is 0. The molecule has 0 radical (unpaired) electrons. The van der Waals surface area contributed by atoms with Crippen LogP contribution in [0.5, 0.6) is 5.75 Å². The highest BCUT2D eigenvalue weighted by Crippen LogP contribution is 2.38. The maximum atomic E-state index is 14.4. The zero-order chi connectivity index (χ0) is 30.4. The summed E-state index contributed by atoms with van der Waals surface area (Å²) in [6.07, 6.45) is -0.0188. The lowest BCUT2D eigenvalue weighted by Crippen LogP contribution is -2.40. The van der Waals surface area contributed by atoms with Crippen LogP contribution in [0.15, 0.2) is 92.6 Å². The van der Waals surface area contributed by atoms with Crippen molar-refractivity contribution in [2.75, 3.05) is 18.6 Å². The van der Waals surface area contributed by atoms with Crippen LogP contribution in [-0.2, 0) is 14.3 Å². The second-order valence-electron chi connectivity index (χ2n) is 10.4. The molecule has 10 heteroatoms. The van der Waals surface area contributed by atoms with Gasteiger partial charge in [0.05, 0.1) is 41.3 Å². The van der Waals surface area contributed by atoms with Crippen molar-refractivity contribution in [2.24, 2.45) is 4.99 Å². The Kier molecular flexibility index (Phi) is 7.66. The normalized spacial score (nSPS) is 17.1. The number of hydrogen-bond donors (Lipinski definition) is 0. The summed E-state index contributed by atoms with van der Waals surface area (Å²) in [7, 11) is 1.69. The van der Waals surface area contributed by atoms with E-state index in [-0.39, 0.29) is 28.7 Å². The molecular weight excluding hydrogens is 630 g/mol. The molecule has 0 bridgehead atoms. The van der Waals surface area contributed by atoms with Gasteiger partial charge in [0, 0.05) is 22.6 Å². The van der Waals surface area contributed by atoms with Crippen molar-refractivity contribution in [3.63, 3.8) is 0 Å². The summed E-state index contributed by atoms with van der Waals surface area (Å²) in [6, 6.07) is 21.4. The van der Waals surface area contributed by atoms with E-state index in [1.807, 2.05) is 86.6 Å². The first-order valence-electron chi connectivity index (χ1n) is 13.8. The van der Waals surface area contributed by atoms with Crippen LogP contribution in [0.2, 0.25) is 0 Å². The molecule has 6 rings (SSSR count). The van der Waals surface area contributed by atoms with E-state index in [0.717, 1.165) is 15.8 Å². The highest BCUT2D eigenvalue weighted by molar-refractivity contribution is 9.10. The predicted molar refractivity (Wildman–Crippen MR) is 170 cm³/mol. The van der Waals surface area contributed by atoms with E-state index in [1.165, 1.54) is 4.57 Å². The lowest BCUT2D eigenvalue weighted by Gasteiger charge is -2.26. The molecule has 8 nitrogen and oxygen atoms in total. The molecule has 1 atom stereocenters. The Labute approximate surface area is 260 Å². The summed E-state index contributed by atoms with van der Waals surface area (Å²) < 4.78 is 14.0. The third-order valence-corrected chi connectivity index (χ3v) is 8.80. The highest BCUT2D eigenvalue weighted by Gasteiger charge is 2.37. The molecule has 218 valence electrons. The van der Waals surface area contributed by atoms with Crippen LogP contribution >= 0.6 is 27.3 Å². The molecule has 0 saturated heterocycles. The summed E-state index contributed by atoms with van der Waals surface area (Å²) in [5.41, 5.74) is 3.32. The van der Waals surface area contributed by atoms with Gasteiger partial charge >= 0.3 is 5.97 Å². The van der Waals surface area contributed by atoms with Crippen LogP contribution in [0.4, 0.5) is 5.69 Å². The number of benzene rings is 3. The fourth-order valence-electron chi connectivity index (χ4n) is 5.42. The van der Waals surface area contributed by atoms with Crippen molar-refractivity contribution in [3.8, 4) is 5.75 Å². The predicted octanol–water partition coefficient (Wildman–Crippen LogP) is 4.83. The first-order valence-corrected chi connectivity index (χ1v) is 15.5. The number of fused-ring (bicyclic) bond motifs is 2. The van der Waals surface area contributed by atoms with Crippen molar-refractivity contribution in [3.05, 3.63) is 119 Å². The number of hydrogen-bond acceptors (Lipinski definition) is 7. The van der Waals surface area contributed by atoms with Crippen LogP contribution in [0, 0.1) is 0 Å². The number of carbonyl (C=O) groups is 2. The van der Waals surface area contributed by atoms with E-state index < -0.39 is 17.6 Å². The molecule has 0 aliphatic carbocycles. The van der Waals surface area contributed by atoms with E-state index in [4.69, 9.17) is 14.5 Å². The van der Waals surface area contributed by atoms with Crippen LogP contribution in [0.25, 0.3) is 11.3 Å². The third kappa shape index (κ3) is 5.04. The fourth-order valence-corrected chi connectivity index (χ4v) is 6.87. The van der Waals surface area contributed by atoms with Gasteiger partial charge in [-0.1, -0.05) is 69.7 Å². The average molecular weight is 659 g/mol. The standard InChI is InChI=1S/C33H28BrN3O5S/c1-5-41-32(40)26-27(19-9-7-6-8-10-19)35-33-37(28(26)20-11-14-22(15-12-20)42-18(2)3)31(39)29(43-33)25-23-17-21(34)13-16-24(23)36(4)30(25)38/h6-18,28H,5H2,1-4H3/b29-25+/t28-/m0/s1. The minimum Gasteiger partial charge on any atom is -0.491 e. The third-order valence-electron chi connectivity index (χ3n) is 7.25. The molecule has 0 fully saturated rings. The topological polar surface area (TPSA) is 90.2 Å². The van der Waals surface area contributed by atoms with Crippen LogP contribution in [-0.4, -0.2) is 36.2 Å². The molecule has 1 aromatic heterocycles. The zero-order valence-electron chi connectivity index (χ0n) is 24.0. The van der Waals surface area contributed by atoms with E-state index in [1.54, 1.807) is 18.9 Å². The maximum absolute atomic E-state index is 14.4. The molecule has 2 aliphatic rings. The van der Waals surface area contributed by atoms with Gasteiger partial charge in [-0.3, -0.25) is 14.2 Å². The average Bonchev–Trinajstić information content (AvgIpc) is 3.44. The Morgan fingerprint density at radius 2 is 1.77 bits per heavy atom. The first-order chi connectivity index (χ1) is 20.7. The molecular formula is C33H28BrN3O5S. The van der Waals surface area contributed by atoms with Crippen molar-refractivity contribution >= 4 is 56.1 Å². The lowest BCUT2D eigenvalue weighted by molar-refractivity contribution is -0.138. The zero-order valence-corrected chi connectivity index (χ0v) is 26.4. The minimum absolute atomic E-state index is 0.0188. The molecule has 43 heavy (non-hydrogen) atoms. The highest BCUT2D eigenvalue weighted by atomic mass is 79.9. The Bertz CT molecular complexity index is 1980. The second kappa shape index (κ2) is 11.4. The number of aromatic nitrogens is 1. The Balaban J connectivity index is 1.68. The number of amides is 1. The first kappa shape index (κ1) is 28.8. The number of likely N-dealkylation sites (N-methyl/N-ethyl adjacent to an activating group) is 1. The van der Waals surface area contributed by atoms with E-state index in [9.17, 15) is 14.4 Å². The number of anilines is 1. The van der Waals surface area contributed by atoms with Crippen LogP contribution in [0.1, 0.15) is 43.5 Å². The van der Waals surface area contributed by atoms with Gasteiger partial charge < -0.3 is 14.4 Å². The van der Waals surface area contributed by atoms with Gasteiger partial charge in [-0.15, -0.1) is 0 Å². The van der Waals surface area contributed by atoms with E-state index in [0.29, 0.717) is 44.2 Å². The van der Waals surface area contributed by atoms with Gasteiger partial charge in [0.2, 0.25) is 0 Å². The van der Waals surface area contributed by atoms with Crippen molar-refractivity contribution in [2.45, 2.75) is 32.9 Å². The SMILES string of the molecule is CCOC(=O)C1=C(c2ccccc2)N=c2s/c(=C3/C(=O)N(C)c4ccc(Br)cc43)c(=O)n2[C@H]1c1ccc(OC(C)C)cc1. The van der Waals surface area contributed by atoms with Gasteiger partial charge in [0.15, 0.2) is 4.80 Å². The van der Waals surface area contributed by atoms with Crippen LogP contribution in [0.3, 0.4) is 0 Å². The quantitative estimate of drug-likeness (QED) is 0.277. The number of rotatable bonds is 6. The summed E-state index contributed by atoms with van der Waals surface area (Å²) in [5.74, 6) is -0.181. The fraction of sp³-hybridized carbons (Fsp3) is 0.212.